The molecule has 0 bridgehead atoms. The third-order valence-electron chi connectivity index (χ3n) is 3.31. The Bertz CT molecular complexity index is 866. The number of rotatable bonds is 4. The van der Waals surface area contributed by atoms with E-state index in [-0.39, 0.29) is 0 Å². The fraction of sp³-hybridized carbons (Fsp3) is 0.125. The summed E-state index contributed by atoms with van der Waals surface area (Å²) in [7, 11) is 0. The number of H-pyrrole nitrogens is 2. The van der Waals surface area contributed by atoms with Gasteiger partial charge in [-0.1, -0.05) is 30.3 Å². The van der Waals surface area contributed by atoms with E-state index in [9.17, 15) is 9.59 Å². The van der Waals surface area contributed by atoms with Crippen molar-refractivity contribution in [3.05, 3.63) is 74.8 Å². The summed E-state index contributed by atoms with van der Waals surface area (Å²) in [6.07, 6.45) is 0.918. The molecule has 0 saturated carbocycles. The molecule has 5 heteroatoms. The van der Waals surface area contributed by atoms with E-state index in [1.54, 1.807) is 6.07 Å². The van der Waals surface area contributed by atoms with Crippen molar-refractivity contribution >= 4 is 16.7 Å². The molecule has 3 aromatic rings. The first kappa shape index (κ1) is 13.2. The van der Waals surface area contributed by atoms with Gasteiger partial charge in [-0.05, 0) is 30.2 Å². The summed E-state index contributed by atoms with van der Waals surface area (Å²) in [6, 6.07) is 15.7. The third kappa shape index (κ3) is 3.02. The summed E-state index contributed by atoms with van der Waals surface area (Å²) < 4.78 is 0. The minimum absolute atomic E-state index is 0.615. The van der Waals surface area contributed by atoms with Gasteiger partial charge in [-0.2, -0.15) is 0 Å². The molecular weight excluding hydrogens is 266 g/mol. The van der Waals surface area contributed by atoms with Gasteiger partial charge in [0.15, 0.2) is 0 Å². The van der Waals surface area contributed by atoms with Crippen LogP contribution in [0.4, 0.5) is 5.69 Å². The lowest BCUT2D eigenvalue weighted by Crippen LogP contribution is -2.28. The fourth-order valence-electron chi connectivity index (χ4n) is 2.22. The number of anilines is 1. The van der Waals surface area contributed by atoms with Crippen LogP contribution in [0, 0.1) is 0 Å². The van der Waals surface area contributed by atoms with Gasteiger partial charge in [0.25, 0.3) is 0 Å². The molecule has 0 amide bonds. The Morgan fingerprint density at radius 2 is 1.57 bits per heavy atom. The topological polar surface area (TPSA) is 77.8 Å². The molecule has 106 valence electrons. The summed E-state index contributed by atoms with van der Waals surface area (Å²) in [4.78, 5) is 27.7. The lowest BCUT2D eigenvalue weighted by molar-refractivity contribution is 1.02. The summed E-state index contributed by atoms with van der Waals surface area (Å²) >= 11 is 0. The second-order valence-electron chi connectivity index (χ2n) is 4.83. The number of hydrogen-bond acceptors (Lipinski definition) is 3. The first-order valence-electron chi connectivity index (χ1n) is 6.76. The average Bonchev–Trinajstić information content (AvgIpc) is 2.50. The van der Waals surface area contributed by atoms with Crippen LogP contribution in [0.1, 0.15) is 5.56 Å². The van der Waals surface area contributed by atoms with Crippen molar-refractivity contribution in [3.8, 4) is 0 Å². The molecule has 0 atom stereocenters. The summed E-state index contributed by atoms with van der Waals surface area (Å²) in [6.45, 7) is 0.795. The quantitative estimate of drug-likeness (QED) is 0.639. The SMILES string of the molecule is O=c1[nH]c2ccc(NCCc3ccccc3)cc2[nH]c1=O. The summed E-state index contributed by atoms with van der Waals surface area (Å²) in [5.41, 5.74) is 2.14. The maximum absolute atomic E-state index is 11.3. The smallest absolute Gasteiger partial charge is 0.314 e. The first-order chi connectivity index (χ1) is 10.2. The fourth-order valence-corrected chi connectivity index (χ4v) is 2.22. The van der Waals surface area contributed by atoms with Crippen molar-refractivity contribution in [1.29, 1.82) is 0 Å². The zero-order valence-electron chi connectivity index (χ0n) is 11.3. The highest BCUT2D eigenvalue weighted by Crippen LogP contribution is 2.13. The Morgan fingerprint density at radius 3 is 2.33 bits per heavy atom. The van der Waals surface area contributed by atoms with Crippen LogP contribution in [-0.4, -0.2) is 16.5 Å². The molecule has 21 heavy (non-hydrogen) atoms. The van der Waals surface area contributed by atoms with Crippen LogP contribution in [0.2, 0.25) is 0 Å². The zero-order valence-corrected chi connectivity index (χ0v) is 11.3. The largest absolute Gasteiger partial charge is 0.385 e. The lowest BCUT2D eigenvalue weighted by atomic mass is 10.1. The third-order valence-corrected chi connectivity index (χ3v) is 3.31. The lowest BCUT2D eigenvalue weighted by Gasteiger charge is -2.07. The molecule has 3 rings (SSSR count). The Hall–Kier alpha value is -2.82. The highest BCUT2D eigenvalue weighted by atomic mass is 16.2. The molecule has 0 fully saturated rings. The van der Waals surface area contributed by atoms with E-state index in [0.717, 1.165) is 18.7 Å². The molecule has 5 nitrogen and oxygen atoms in total. The number of nitrogens with one attached hydrogen (secondary N) is 3. The van der Waals surface area contributed by atoms with Gasteiger partial charge in [0, 0.05) is 12.2 Å². The predicted molar refractivity (Wildman–Crippen MR) is 83.8 cm³/mol. The van der Waals surface area contributed by atoms with E-state index < -0.39 is 11.1 Å². The van der Waals surface area contributed by atoms with Gasteiger partial charge in [-0.3, -0.25) is 9.59 Å². The van der Waals surface area contributed by atoms with E-state index >= 15 is 0 Å². The van der Waals surface area contributed by atoms with Gasteiger partial charge < -0.3 is 15.3 Å². The summed E-state index contributed by atoms with van der Waals surface area (Å²) in [5, 5.41) is 3.31. The number of hydrogen-bond donors (Lipinski definition) is 3. The zero-order chi connectivity index (χ0) is 14.7. The average molecular weight is 281 g/mol. The van der Waals surface area contributed by atoms with Crippen LogP contribution in [0.15, 0.2) is 58.1 Å². The predicted octanol–water partition coefficient (Wildman–Crippen LogP) is 1.87. The van der Waals surface area contributed by atoms with Gasteiger partial charge in [-0.25, -0.2) is 0 Å². The number of fused-ring (bicyclic) bond motifs is 1. The molecule has 0 radical (unpaired) electrons. The van der Waals surface area contributed by atoms with Crippen molar-refractivity contribution in [2.75, 3.05) is 11.9 Å². The molecular formula is C16H15N3O2. The van der Waals surface area contributed by atoms with Crippen molar-refractivity contribution in [3.63, 3.8) is 0 Å². The standard InChI is InChI=1S/C16H15N3O2/c20-15-16(21)19-14-10-12(6-7-13(14)18-15)17-9-8-11-4-2-1-3-5-11/h1-7,10,17H,8-9H2,(H,18,20)(H,19,21). The Morgan fingerprint density at radius 1 is 0.857 bits per heavy atom. The van der Waals surface area contributed by atoms with Crippen LogP contribution in [0.25, 0.3) is 11.0 Å². The van der Waals surface area contributed by atoms with Gasteiger partial charge in [-0.15, -0.1) is 0 Å². The Labute approximate surface area is 120 Å². The summed E-state index contributed by atoms with van der Waals surface area (Å²) in [5.74, 6) is 0. The molecule has 0 aliphatic heterocycles. The van der Waals surface area contributed by atoms with E-state index in [1.165, 1.54) is 5.56 Å². The van der Waals surface area contributed by atoms with Crippen LogP contribution in [0.5, 0.6) is 0 Å². The normalized spacial score (nSPS) is 10.7. The molecule has 1 aromatic heterocycles. The highest BCUT2D eigenvalue weighted by molar-refractivity contribution is 5.78. The van der Waals surface area contributed by atoms with Crippen LogP contribution >= 0.6 is 0 Å². The molecule has 1 heterocycles. The first-order valence-corrected chi connectivity index (χ1v) is 6.76. The molecule has 0 saturated heterocycles. The van der Waals surface area contributed by atoms with Gasteiger partial charge in [0.1, 0.15) is 0 Å². The molecule has 0 unspecified atom stereocenters. The minimum Gasteiger partial charge on any atom is -0.385 e. The van der Waals surface area contributed by atoms with Crippen molar-refractivity contribution in [2.45, 2.75) is 6.42 Å². The second kappa shape index (κ2) is 5.66. The number of aromatic amines is 2. The minimum atomic E-state index is -0.635. The van der Waals surface area contributed by atoms with Crippen molar-refractivity contribution < 1.29 is 0 Å². The van der Waals surface area contributed by atoms with E-state index in [2.05, 4.69) is 27.4 Å². The number of aromatic nitrogens is 2. The van der Waals surface area contributed by atoms with E-state index in [4.69, 9.17) is 0 Å². The maximum Gasteiger partial charge on any atom is 0.314 e. The molecule has 0 spiro atoms. The van der Waals surface area contributed by atoms with E-state index in [0.29, 0.717) is 11.0 Å². The monoisotopic (exact) mass is 281 g/mol. The van der Waals surface area contributed by atoms with Gasteiger partial charge in [0.2, 0.25) is 0 Å². The molecule has 2 aromatic carbocycles. The molecule has 0 aliphatic rings. The highest BCUT2D eigenvalue weighted by Gasteiger charge is 2.00. The van der Waals surface area contributed by atoms with E-state index in [1.807, 2.05) is 30.3 Å². The van der Waals surface area contributed by atoms with Crippen LogP contribution < -0.4 is 16.4 Å². The Balaban J connectivity index is 1.74. The number of benzene rings is 2. The van der Waals surface area contributed by atoms with Crippen molar-refractivity contribution in [1.82, 2.24) is 9.97 Å². The van der Waals surface area contributed by atoms with Crippen LogP contribution in [-0.2, 0) is 6.42 Å². The maximum atomic E-state index is 11.3. The van der Waals surface area contributed by atoms with Gasteiger partial charge >= 0.3 is 11.1 Å². The van der Waals surface area contributed by atoms with Crippen molar-refractivity contribution in [2.24, 2.45) is 0 Å². The van der Waals surface area contributed by atoms with Gasteiger partial charge in [0.05, 0.1) is 11.0 Å². The second-order valence-corrected chi connectivity index (χ2v) is 4.83. The van der Waals surface area contributed by atoms with Crippen LogP contribution in [0.3, 0.4) is 0 Å². The Kier molecular flexibility index (Phi) is 3.55. The molecule has 0 aliphatic carbocycles. The molecule has 3 N–H and O–H groups in total.